The molecule has 0 bridgehead atoms. The highest BCUT2D eigenvalue weighted by Gasteiger charge is 2.16. The van der Waals surface area contributed by atoms with Gasteiger partial charge in [0.05, 0.1) is 43.2 Å². The van der Waals surface area contributed by atoms with Gasteiger partial charge in [-0.1, -0.05) is 23.9 Å². The second kappa shape index (κ2) is 11.2. The van der Waals surface area contributed by atoms with Crippen molar-refractivity contribution < 1.29 is 19.0 Å². The fourth-order valence-corrected chi connectivity index (χ4v) is 4.98. The summed E-state index contributed by atoms with van der Waals surface area (Å²) in [4.78, 5) is 18.1. The Morgan fingerprint density at radius 1 is 0.971 bits per heavy atom. The lowest BCUT2D eigenvalue weighted by molar-refractivity contribution is -0.113. The maximum Gasteiger partial charge on any atom is 0.234 e. The van der Waals surface area contributed by atoms with E-state index in [-0.39, 0.29) is 11.7 Å². The van der Waals surface area contributed by atoms with Crippen molar-refractivity contribution in [2.24, 2.45) is 0 Å². The minimum Gasteiger partial charge on any atom is -0.497 e. The first-order valence-corrected chi connectivity index (χ1v) is 12.4. The first-order valence-electron chi connectivity index (χ1n) is 10.6. The minimum absolute atomic E-state index is 0.170. The van der Waals surface area contributed by atoms with E-state index in [0.29, 0.717) is 22.2 Å². The first-order chi connectivity index (χ1) is 17.0. The lowest BCUT2D eigenvalue weighted by atomic mass is 10.2. The molecule has 8 nitrogen and oxygen atoms in total. The van der Waals surface area contributed by atoms with Crippen molar-refractivity contribution >= 4 is 34.7 Å². The SMILES string of the molecule is COc1cc(NC(=O)CSc2ccc(-c3sc(-c4ccccc4OC)nc3C)nn2)cc(OC)c1. The summed E-state index contributed by atoms with van der Waals surface area (Å²) in [5.74, 6) is 1.99. The summed E-state index contributed by atoms with van der Waals surface area (Å²) >= 11 is 2.85. The smallest absolute Gasteiger partial charge is 0.234 e. The Balaban J connectivity index is 1.41. The molecule has 4 rings (SSSR count). The van der Waals surface area contributed by atoms with Gasteiger partial charge in [-0.25, -0.2) is 4.98 Å². The van der Waals surface area contributed by atoms with E-state index >= 15 is 0 Å². The Labute approximate surface area is 211 Å². The molecule has 0 saturated carbocycles. The molecular formula is C25H24N4O4S2. The van der Waals surface area contributed by atoms with E-state index < -0.39 is 0 Å². The molecule has 0 fully saturated rings. The third kappa shape index (κ3) is 5.90. The molecule has 0 spiro atoms. The number of carbonyl (C=O) groups excluding carboxylic acids is 1. The number of carbonyl (C=O) groups is 1. The van der Waals surface area contributed by atoms with Crippen LogP contribution < -0.4 is 19.5 Å². The van der Waals surface area contributed by atoms with Crippen molar-refractivity contribution in [3.05, 3.63) is 60.3 Å². The number of aryl methyl sites for hydroxylation is 1. The van der Waals surface area contributed by atoms with Crippen LogP contribution in [0.1, 0.15) is 5.69 Å². The van der Waals surface area contributed by atoms with Gasteiger partial charge in [-0.3, -0.25) is 4.79 Å². The predicted octanol–water partition coefficient (Wildman–Crippen LogP) is 5.33. The number of thioether (sulfide) groups is 1. The molecule has 2 heterocycles. The molecule has 180 valence electrons. The van der Waals surface area contributed by atoms with E-state index in [0.717, 1.165) is 32.6 Å². The molecule has 1 N–H and O–H groups in total. The highest BCUT2D eigenvalue weighted by atomic mass is 32.2. The molecule has 0 saturated heterocycles. The highest BCUT2D eigenvalue weighted by Crippen LogP contribution is 2.38. The van der Waals surface area contributed by atoms with Gasteiger partial charge < -0.3 is 19.5 Å². The number of nitrogens with one attached hydrogen (secondary N) is 1. The summed E-state index contributed by atoms with van der Waals surface area (Å²) in [6, 6.07) is 16.7. The number of aromatic nitrogens is 3. The number of thiazole rings is 1. The normalized spacial score (nSPS) is 10.6. The zero-order valence-corrected chi connectivity index (χ0v) is 21.3. The standard InChI is InChI=1S/C25H24N4O4S2/c1-15-24(35-25(26-15)19-7-5-6-8-21(19)33-4)20-9-10-23(29-28-20)34-14-22(30)27-16-11-17(31-2)13-18(12-16)32-3/h5-13H,14H2,1-4H3,(H,27,30). The lowest BCUT2D eigenvalue weighted by Crippen LogP contribution is -2.14. The average Bonchev–Trinajstić information content (AvgIpc) is 3.28. The van der Waals surface area contributed by atoms with Gasteiger partial charge in [0.15, 0.2) is 0 Å². The Kier molecular flexibility index (Phi) is 7.84. The fourth-order valence-electron chi connectivity index (χ4n) is 3.30. The van der Waals surface area contributed by atoms with Gasteiger partial charge in [-0.15, -0.1) is 21.5 Å². The quantitative estimate of drug-likeness (QED) is 0.303. The zero-order valence-electron chi connectivity index (χ0n) is 19.7. The molecule has 0 aliphatic heterocycles. The van der Waals surface area contributed by atoms with Crippen LogP contribution >= 0.6 is 23.1 Å². The molecule has 1 amide bonds. The van der Waals surface area contributed by atoms with Crippen LogP contribution in [-0.2, 0) is 4.79 Å². The molecule has 2 aromatic heterocycles. The van der Waals surface area contributed by atoms with Gasteiger partial charge in [0.2, 0.25) is 5.91 Å². The number of ether oxygens (including phenoxy) is 3. The number of anilines is 1. The second-order valence-corrected chi connectivity index (χ2v) is 9.32. The topological polar surface area (TPSA) is 95.5 Å². The summed E-state index contributed by atoms with van der Waals surface area (Å²) in [5.41, 5.74) is 3.14. The summed E-state index contributed by atoms with van der Waals surface area (Å²) in [6.45, 7) is 1.95. The third-order valence-electron chi connectivity index (χ3n) is 4.99. The Morgan fingerprint density at radius 3 is 2.37 bits per heavy atom. The van der Waals surface area contributed by atoms with Crippen LogP contribution in [0.4, 0.5) is 5.69 Å². The number of benzene rings is 2. The van der Waals surface area contributed by atoms with Crippen LogP contribution in [-0.4, -0.2) is 48.2 Å². The zero-order chi connectivity index (χ0) is 24.8. The predicted molar refractivity (Wildman–Crippen MR) is 139 cm³/mol. The van der Waals surface area contributed by atoms with Crippen molar-refractivity contribution in [1.82, 2.24) is 15.2 Å². The molecule has 35 heavy (non-hydrogen) atoms. The third-order valence-corrected chi connectivity index (χ3v) is 7.13. The van der Waals surface area contributed by atoms with Gasteiger partial charge in [-0.05, 0) is 31.2 Å². The molecule has 0 unspecified atom stereocenters. The van der Waals surface area contributed by atoms with Crippen LogP contribution in [0, 0.1) is 6.92 Å². The van der Waals surface area contributed by atoms with E-state index in [1.807, 2.05) is 43.3 Å². The lowest BCUT2D eigenvalue weighted by Gasteiger charge is -2.09. The molecule has 0 radical (unpaired) electrons. The summed E-state index contributed by atoms with van der Waals surface area (Å²) in [5, 5.41) is 13.0. The van der Waals surface area contributed by atoms with Crippen molar-refractivity contribution in [3.63, 3.8) is 0 Å². The number of para-hydroxylation sites is 1. The summed E-state index contributed by atoms with van der Waals surface area (Å²) in [7, 11) is 4.77. The number of nitrogens with zero attached hydrogens (tertiary/aromatic N) is 3. The molecule has 0 aliphatic rings. The van der Waals surface area contributed by atoms with Crippen LogP contribution in [0.2, 0.25) is 0 Å². The van der Waals surface area contributed by atoms with Crippen LogP contribution in [0.15, 0.2) is 59.6 Å². The number of hydrogen-bond acceptors (Lipinski definition) is 9. The van der Waals surface area contributed by atoms with Crippen LogP contribution in [0.3, 0.4) is 0 Å². The molecule has 2 aromatic carbocycles. The largest absolute Gasteiger partial charge is 0.497 e. The first kappa shape index (κ1) is 24.5. The molecule has 4 aromatic rings. The van der Waals surface area contributed by atoms with Crippen molar-refractivity contribution in [2.45, 2.75) is 11.9 Å². The fraction of sp³-hybridized carbons (Fsp3) is 0.200. The Bertz CT molecular complexity index is 1300. The van der Waals surface area contributed by atoms with Crippen LogP contribution in [0.5, 0.6) is 17.2 Å². The molecular weight excluding hydrogens is 484 g/mol. The number of rotatable bonds is 9. The summed E-state index contributed by atoms with van der Waals surface area (Å²) in [6.07, 6.45) is 0. The number of amides is 1. The van der Waals surface area contributed by atoms with E-state index in [1.165, 1.54) is 11.8 Å². The van der Waals surface area contributed by atoms with E-state index in [4.69, 9.17) is 19.2 Å². The Hall–Kier alpha value is -3.63. The van der Waals surface area contributed by atoms with E-state index in [2.05, 4.69) is 15.5 Å². The van der Waals surface area contributed by atoms with Gasteiger partial charge in [-0.2, -0.15) is 0 Å². The monoisotopic (exact) mass is 508 g/mol. The van der Waals surface area contributed by atoms with E-state index in [1.54, 1.807) is 50.9 Å². The van der Waals surface area contributed by atoms with Gasteiger partial charge in [0, 0.05) is 23.9 Å². The minimum atomic E-state index is -0.170. The number of hydrogen-bond donors (Lipinski definition) is 1. The maximum absolute atomic E-state index is 12.4. The Morgan fingerprint density at radius 2 is 1.71 bits per heavy atom. The maximum atomic E-state index is 12.4. The van der Waals surface area contributed by atoms with Gasteiger partial charge >= 0.3 is 0 Å². The second-order valence-electron chi connectivity index (χ2n) is 7.33. The van der Waals surface area contributed by atoms with Crippen molar-refractivity contribution in [2.75, 3.05) is 32.4 Å². The van der Waals surface area contributed by atoms with Gasteiger partial charge in [0.25, 0.3) is 0 Å². The van der Waals surface area contributed by atoms with E-state index in [9.17, 15) is 4.79 Å². The highest BCUT2D eigenvalue weighted by molar-refractivity contribution is 7.99. The van der Waals surface area contributed by atoms with Crippen molar-refractivity contribution in [1.29, 1.82) is 0 Å². The van der Waals surface area contributed by atoms with Crippen molar-refractivity contribution in [3.8, 4) is 38.4 Å². The molecule has 0 atom stereocenters. The van der Waals surface area contributed by atoms with Crippen LogP contribution in [0.25, 0.3) is 21.1 Å². The molecule has 0 aliphatic carbocycles. The summed E-state index contributed by atoms with van der Waals surface area (Å²) < 4.78 is 15.9. The molecule has 10 heteroatoms. The van der Waals surface area contributed by atoms with Gasteiger partial charge in [0.1, 0.15) is 33.0 Å². The number of methoxy groups -OCH3 is 3. The average molecular weight is 509 g/mol.